The summed E-state index contributed by atoms with van der Waals surface area (Å²) in [4.78, 5) is 17.2. The molecule has 2 aromatic rings. The van der Waals surface area contributed by atoms with Gasteiger partial charge in [-0.25, -0.2) is 4.98 Å². The summed E-state index contributed by atoms with van der Waals surface area (Å²) < 4.78 is 2.14. The number of aryl methyl sites for hydroxylation is 3. The van der Waals surface area contributed by atoms with Gasteiger partial charge in [0.15, 0.2) is 0 Å². The Hall–Kier alpha value is -1.76. The zero-order valence-corrected chi connectivity index (χ0v) is 13.1. The number of carbonyl (C=O) groups excluding carboxylic acids is 1. The molecule has 0 spiro atoms. The minimum atomic E-state index is -0.0215. The molecule has 0 saturated heterocycles. The van der Waals surface area contributed by atoms with Crippen LogP contribution in [-0.4, -0.2) is 31.7 Å². The normalized spacial score (nSPS) is 17.5. The number of rotatable bonds is 4. The van der Waals surface area contributed by atoms with Crippen LogP contribution in [0.2, 0.25) is 0 Å². The molecule has 1 aliphatic heterocycles. The third-order valence-corrected chi connectivity index (χ3v) is 4.90. The summed E-state index contributed by atoms with van der Waals surface area (Å²) in [7, 11) is 0. The van der Waals surface area contributed by atoms with Crippen LogP contribution in [0, 0.1) is 0 Å². The Morgan fingerprint density at radius 2 is 2.29 bits per heavy atom. The predicted molar refractivity (Wildman–Crippen MR) is 80.5 cm³/mol. The summed E-state index contributed by atoms with van der Waals surface area (Å²) in [6.07, 6.45) is 5.17. The van der Waals surface area contributed by atoms with Gasteiger partial charge >= 0.3 is 0 Å². The largest absolute Gasteiger partial charge is 0.347 e. The van der Waals surface area contributed by atoms with E-state index in [9.17, 15) is 4.79 Å². The van der Waals surface area contributed by atoms with E-state index in [-0.39, 0.29) is 11.9 Å². The number of nitrogens with zero attached hydrogens (tertiary/aromatic N) is 4. The standard InChI is InChI=1S/C14H19N5OS/c1-3-11-17-18-12-6-5-9(8-19(11)12)16-14(20)10-7-15-13(4-2)21-10/h7,9H,3-6,8H2,1-2H3,(H,16,20). The number of aromatic nitrogens is 4. The SMILES string of the molecule is CCc1ncc(C(=O)NC2CCc3nnc(CC)n3C2)s1. The summed E-state index contributed by atoms with van der Waals surface area (Å²) in [5.41, 5.74) is 0. The first-order valence-corrected chi connectivity index (χ1v) is 8.19. The maximum atomic E-state index is 12.3. The molecule has 0 aromatic carbocycles. The Morgan fingerprint density at radius 3 is 3.00 bits per heavy atom. The topological polar surface area (TPSA) is 72.7 Å². The Balaban J connectivity index is 1.67. The van der Waals surface area contributed by atoms with Crippen molar-refractivity contribution >= 4 is 17.2 Å². The van der Waals surface area contributed by atoms with Crippen LogP contribution in [0.3, 0.4) is 0 Å². The van der Waals surface area contributed by atoms with Crippen molar-refractivity contribution in [3.05, 3.63) is 27.7 Å². The van der Waals surface area contributed by atoms with Gasteiger partial charge in [-0.1, -0.05) is 13.8 Å². The van der Waals surface area contributed by atoms with Crippen LogP contribution in [0.25, 0.3) is 0 Å². The molecule has 3 heterocycles. The molecule has 0 aliphatic carbocycles. The zero-order valence-electron chi connectivity index (χ0n) is 12.3. The molecule has 0 bridgehead atoms. The predicted octanol–water partition coefficient (Wildman–Crippen LogP) is 1.60. The molecule has 1 N–H and O–H groups in total. The van der Waals surface area contributed by atoms with Gasteiger partial charge in [0.1, 0.15) is 16.5 Å². The van der Waals surface area contributed by atoms with E-state index in [0.717, 1.165) is 48.9 Å². The molecule has 112 valence electrons. The highest BCUT2D eigenvalue weighted by Crippen LogP contribution is 2.17. The summed E-state index contributed by atoms with van der Waals surface area (Å²) >= 11 is 1.47. The van der Waals surface area contributed by atoms with Gasteiger partial charge in [0, 0.05) is 25.4 Å². The van der Waals surface area contributed by atoms with E-state index >= 15 is 0 Å². The van der Waals surface area contributed by atoms with Crippen LogP contribution in [0.15, 0.2) is 6.20 Å². The lowest BCUT2D eigenvalue weighted by Gasteiger charge is -2.24. The minimum Gasteiger partial charge on any atom is -0.347 e. The fourth-order valence-corrected chi connectivity index (χ4v) is 3.36. The number of thiazole rings is 1. The highest BCUT2D eigenvalue weighted by atomic mass is 32.1. The molecule has 1 amide bonds. The number of amides is 1. The Morgan fingerprint density at radius 1 is 1.43 bits per heavy atom. The van der Waals surface area contributed by atoms with Crippen molar-refractivity contribution in [3.63, 3.8) is 0 Å². The number of fused-ring (bicyclic) bond motifs is 1. The fraction of sp³-hybridized carbons (Fsp3) is 0.571. The molecule has 0 fully saturated rings. The highest BCUT2D eigenvalue weighted by molar-refractivity contribution is 7.13. The van der Waals surface area contributed by atoms with Crippen molar-refractivity contribution in [2.45, 2.75) is 52.1 Å². The second kappa shape index (κ2) is 5.93. The van der Waals surface area contributed by atoms with Gasteiger partial charge in [0.2, 0.25) is 0 Å². The van der Waals surface area contributed by atoms with Crippen molar-refractivity contribution in [2.24, 2.45) is 0 Å². The molecule has 3 rings (SSSR count). The van der Waals surface area contributed by atoms with E-state index in [4.69, 9.17) is 0 Å². The summed E-state index contributed by atoms with van der Waals surface area (Å²) in [5.74, 6) is 2.00. The quantitative estimate of drug-likeness (QED) is 0.931. The number of hydrogen-bond donors (Lipinski definition) is 1. The molecule has 1 unspecified atom stereocenters. The second-order valence-corrected chi connectivity index (χ2v) is 6.29. The van der Waals surface area contributed by atoms with Gasteiger partial charge in [-0.05, 0) is 12.8 Å². The maximum Gasteiger partial charge on any atom is 0.263 e. The molecular formula is C14H19N5OS. The van der Waals surface area contributed by atoms with Gasteiger partial charge in [-0.2, -0.15) is 0 Å². The highest BCUT2D eigenvalue weighted by Gasteiger charge is 2.24. The molecule has 1 aliphatic rings. The van der Waals surface area contributed by atoms with Crippen LogP contribution in [0.5, 0.6) is 0 Å². The molecule has 7 heteroatoms. The first-order chi connectivity index (χ1) is 10.2. The van der Waals surface area contributed by atoms with E-state index in [1.165, 1.54) is 11.3 Å². The summed E-state index contributed by atoms with van der Waals surface area (Å²) in [6, 6.07) is 0.137. The van der Waals surface area contributed by atoms with Crippen LogP contribution < -0.4 is 5.32 Å². The zero-order chi connectivity index (χ0) is 14.8. The van der Waals surface area contributed by atoms with Gasteiger partial charge in [-0.15, -0.1) is 21.5 Å². The van der Waals surface area contributed by atoms with Crippen molar-refractivity contribution in [3.8, 4) is 0 Å². The number of nitrogens with one attached hydrogen (secondary N) is 1. The van der Waals surface area contributed by atoms with Crippen molar-refractivity contribution in [1.29, 1.82) is 0 Å². The lowest BCUT2D eigenvalue weighted by molar-refractivity contribution is 0.0931. The average Bonchev–Trinajstić information content (AvgIpc) is 3.13. The monoisotopic (exact) mass is 305 g/mol. The van der Waals surface area contributed by atoms with Crippen molar-refractivity contribution in [2.75, 3.05) is 0 Å². The molecule has 0 radical (unpaired) electrons. The molecular weight excluding hydrogens is 286 g/mol. The van der Waals surface area contributed by atoms with E-state index in [1.807, 2.05) is 6.92 Å². The Kier molecular flexibility index (Phi) is 4.01. The second-order valence-electron chi connectivity index (χ2n) is 5.18. The van der Waals surface area contributed by atoms with Crippen molar-refractivity contribution < 1.29 is 4.79 Å². The Labute approximate surface area is 127 Å². The molecule has 0 saturated carbocycles. The van der Waals surface area contributed by atoms with Gasteiger partial charge in [0.25, 0.3) is 5.91 Å². The third kappa shape index (κ3) is 2.83. The molecule has 1 atom stereocenters. The minimum absolute atomic E-state index is 0.0215. The average molecular weight is 305 g/mol. The molecule has 21 heavy (non-hydrogen) atoms. The van der Waals surface area contributed by atoms with Gasteiger partial charge in [0.05, 0.1) is 11.2 Å². The maximum absolute atomic E-state index is 12.3. The molecule has 2 aromatic heterocycles. The van der Waals surface area contributed by atoms with E-state index in [1.54, 1.807) is 6.20 Å². The van der Waals surface area contributed by atoms with Crippen molar-refractivity contribution in [1.82, 2.24) is 25.1 Å². The smallest absolute Gasteiger partial charge is 0.263 e. The first-order valence-electron chi connectivity index (χ1n) is 7.37. The van der Waals surface area contributed by atoms with Gasteiger partial charge in [-0.3, -0.25) is 4.79 Å². The summed E-state index contributed by atoms with van der Waals surface area (Å²) in [5, 5.41) is 12.5. The summed E-state index contributed by atoms with van der Waals surface area (Å²) in [6.45, 7) is 4.88. The van der Waals surface area contributed by atoms with Gasteiger partial charge < -0.3 is 9.88 Å². The van der Waals surface area contributed by atoms with Crippen LogP contribution in [-0.2, 0) is 25.8 Å². The van der Waals surface area contributed by atoms with Crippen LogP contribution in [0.4, 0.5) is 0 Å². The lowest BCUT2D eigenvalue weighted by Crippen LogP contribution is -2.41. The van der Waals surface area contributed by atoms with E-state index in [0.29, 0.717) is 4.88 Å². The lowest BCUT2D eigenvalue weighted by atomic mass is 10.1. The Bertz CT molecular complexity index is 634. The van der Waals surface area contributed by atoms with E-state index < -0.39 is 0 Å². The number of hydrogen-bond acceptors (Lipinski definition) is 5. The van der Waals surface area contributed by atoms with Crippen LogP contribution in [0.1, 0.15) is 46.6 Å². The third-order valence-electron chi connectivity index (χ3n) is 3.75. The molecule has 6 nitrogen and oxygen atoms in total. The first kappa shape index (κ1) is 14.2. The van der Waals surface area contributed by atoms with E-state index in [2.05, 4.69) is 32.0 Å². The fourth-order valence-electron chi connectivity index (χ4n) is 2.60. The van der Waals surface area contributed by atoms with Crippen LogP contribution >= 0.6 is 11.3 Å². The number of carbonyl (C=O) groups is 1.